The Morgan fingerprint density at radius 2 is 2.00 bits per heavy atom. The van der Waals surface area contributed by atoms with E-state index in [2.05, 4.69) is 25.4 Å². The van der Waals surface area contributed by atoms with E-state index < -0.39 is 11.7 Å². The fourth-order valence-electron chi connectivity index (χ4n) is 3.09. The van der Waals surface area contributed by atoms with Gasteiger partial charge in [0.1, 0.15) is 11.5 Å². The minimum atomic E-state index is -4.51. The number of aromatic nitrogens is 3. The van der Waals surface area contributed by atoms with Crippen molar-refractivity contribution in [3.05, 3.63) is 59.7 Å². The van der Waals surface area contributed by atoms with E-state index in [1.54, 1.807) is 31.5 Å². The lowest BCUT2D eigenvalue weighted by Gasteiger charge is -2.19. The van der Waals surface area contributed by atoms with Crippen LogP contribution in [0.15, 0.2) is 42.9 Å². The van der Waals surface area contributed by atoms with Crippen molar-refractivity contribution in [1.82, 2.24) is 25.4 Å². The number of pyridine rings is 1. The van der Waals surface area contributed by atoms with Crippen LogP contribution < -0.4 is 10.1 Å². The molecule has 0 bridgehead atoms. The fraction of sp³-hybridized carbons (Fsp3) is 0.333. The zero-order valence-electron chi connectivity index (χ0n) is 17.0. The molecular weight excluding hydrogens is 395 g/mol. The average Bonchev–Trinajstić information content (AvgIpc) is 3.15. The van der Waals surface area contributed by atoms with Gasteiger partial charge in [0.25, 0.3) is 0 Å². The fourth-order valence-corrected chi connectivity index (χ4v) is 3.09. The number of nitrogens with one attached hydrogen (secondary N) is 2. The molecule has 1 aromatic carbocycles. The summed E-state index contributed by atoms with van der Waals surface area (Å²) in [6.45, 7) is 3.84. The summed E-state index contributed by atoms with van der Waals surface area (Å²) in [5, 5.41) is 10.1. The van der Waals surface area contributed by atoms with Crippen LogP contribution in [-0.4, -0.2) is 47.3 Å². The molecule has 0 unspecified atom stereocenters. The summed E-state index contributed by atoms with van der Waals surface area (Å²) >= 11 is 0. The van der Waals surface area contributed by atoms with Gasteiger partial charge in [0.2, 0.25) is 0 Å². The molecule has 6 nitrogen and oxygen atoms in total. The maximum Gasteiger partial charge on any atom is 0.416 e. The molecule has 0 aliphatic rings. The molecule has 2 heterocycles. The Morgan fingerprint density at radius 3 is 2.67 bits per heavy atom. The van der Waals surface area contributed by atoms with Crippen molar-refractivity contribution in [2.75, 3.05) is 27.2 Å². The van der Waals surface area contributed by atoms with Crippen molar-refractivity contribution in [3.8, 4) is 22.6 Å². The highest BCUT2D eigenvalue weighted by molar-refractivity contribution is 5.72. The number of hydrogen-bond donors (Lipinski definition) is 2. The molecule has 0 saturated carbocycles. The van der Waals surface area contributed by atoms with Crippen LogP contribution in [0.5, 0.6) is 11.5 Å². The minimum Gasteiger partial charge on any atom is -0.455 e. The van der Waals surface area contributed by atoms with Gasteiger partial charge in [-0.2, -0.15) is 18.3 Å². The zero-order valence-corrected chi connectivity index (χ0v) is 17.0. The molecule has 0 saturated heterocycles. The normalized spacial score (nSPS) is 11.8. The van der Waals surface area contributed by atoms with E-state index in [0.717, 1.165) is 30.9 Å². The molecule has 9 heteroatoms. The number of hydrogen-bond acceptors (Lipinski definition) is 5. The molecule has 3 aromatic rings. The monoisotopic (exact) mass is 419 g/mol. The van der Waals surface area contributed by atoms with Crippen molar-refractivity contribution >= 4 is 0 Å². The van der Waals surface area contributed by atoms with Gasteiger partial charge in [-0.25, -0.2) is 0 Å². The molecule has 0 aliphatic heterocycles. The van der Waals surface area contributed by atoms with Gasteiger partial charge >= 0.3 is 6.18 Å². The molecule has 0 atom stereocenters. The van der Waals surface area contributed by atoms with Crippen LogP contribution in [-0.2, 0) is 12.7 Å². The highest BCUT2D eigenvalue weighted by Crippen LogP contribution is 2.40. The number of benzene rings is 1. The first-order valence-electron chi connectivity index (χ1n) is 9.45. The third-order valence-corrected chi connectivity index (χ3v) is 4.73. The highest BCUT2D eigenvalue weighted by atomic mass is 19.4. The first kappa shape index (κ1) is 21.8. The summed E-state index contributed by atoms with van der Waals surface area (Å²) in [6, 6.07) is 5.47. The third-order valence-electron chi connectivity index (χ3n) is 4.73. The van der Waals surface area contributed by atoms with Crippen LogP contribution in [0.2, 0.25) is 0 Å². The number of rotatable bonds is 8. The van der Waals surface area contributed by atoms with E-state index in [0.29, 0.717) is 29.0 Å². The predicted octanol–water partition coefficient (Wildman–Crippen LogP) is 4.24. The Labute approximate surface area is 173 Å². The van der Waals surface area contributed by atoms with Crippen molar-refractivity contribution in [2.24, 2.45) is 0 Å². The maximum atomic E-state index is 13.6. The Hall–Kier alpha value is -2.91. The second kappa shape index (κ2) is 9.27. The van der Waals surface area contributed by atoms with Crippen molar-refractivity contribution in [2.45, 2.75) is 19.6 Å². The van der Waals surface area contributed by atoms with Crippen LogP contribution in [0, 0.1) is 6.92 Å². The van der Waals surface area contributed by atoms with Crippen LogP contribution in [0.25, 0.3) is 11.1 Å². The van der Waals surface area contributed by atoms with Gasteiger partial charge < -0.3 is 10.1 Å². The van der Waals surface area contributed by atoms with E-state index in [9.17, 15) is 13.2 Å². The number of likely N-dealkylation sites (N-methyl/N-ethyl adjacent to an activating group) is 2. The van der Waals surface area contributed by atoms with Gasteiger partial charge in [-0.1, -0.05) is 0 Å². The van der Waals surface area contributed by atoms with Gasteiger partial charge in [0, 0.05) is 31.4 Å². The molecule has 0 fully saturated rings. The van der Waals surface area contributed by atoms with Crippen LogP contribution in [0.3, 0.4) is 0 Å². The lowest BCUT2D eigenvalue weighted by Crippen LogP contribution is -2.27. The summed E-state index contributed by atoms with van der Waals surface area (Å²) in [6.07, 6.45) is 0.0690. The Balaban J connectivity index is 2.02. The number of H-pyrrole nitrogens is 1. The first-order valence-corrected chi connectivity index (χ1v) is 9.45. The van der Waals surface area contributed by atoms with Crippen LogP contribution in [0.1, 0.15) is 16.8 Å². The van der Waals surface area contributed by atoms with Gasteiger partial charge in [-0.05, 0) is 56.4 Å². The number of aromatic amines is 1. The largest absolute Gasteiger partial charge is 0.455 e. The molecule has 160 valence electrons. The second-order valence-corrected chi connectivity index (χ2v) is 7.04. The molecular formula is C21H24F3N5O. The summed E-state index contributed by atoms with van der Waals surface area (Å²) in [5.74, 6) is 0.494. The topological polar surface area (TPSA) is 66.1 Å². The first-order chi connectivity index (χ1) is 14.3. The van der Waals surface area contributed by atoms with Gasteiger partial charge in [-0.15, -0.1) is 0 Å². The average molecular weight is 419 g/mol. The molecule has 0 radical (unpaired) electrons. The molecule has 30 heavy (non-hydrogen) atoms. The highest BCUT2D eigenvalue weighted by Gasteiger charge is 2.33. The number of halogens is 3. The van der Waals surface area contributed by atoms with E-state index in [1.165, 1.54) is 6.20 Å². The molecule has 2 aromatic heterocycles. The van der Waals surface area contributed by atoms with Crippen LogP contribution in [0.4, 0.5) is 13.2 Å². The Bertz CT molecular complexity index is 973. The van der Waals surface area contributed by atoms with E-state index in [4.69, 9.17) is 4.74 Å². The Morgan fingerprint density at radius 1 is 1.20 bits per heavy atom. The summed E-state index contributed by atoms with van der Waals surface area (Å²) in [4.78, 5) is 6.01. The van der Waals surface area contributed by atoms with Crippen LogP contribution >= 0.6 is 0 Å². The lowest BCUT2D eigenvalue weighted by molar-refractivity contribution is -0.137. The SMILES string of the molecule is CNCCN(C)Cc1[nH]ncc1-c1cc(C(F)(F)F)cc(Oc2cccnc2)c1C. The minimum absolute atomic E-state index is 0.128. The van der Waals surface area contributed by atoms with Crippen molar-refractivity contribution < 1.29 is 17.9 Å². The predicted molar refractivity (Wildman–Crippen MR) is 108 cm³/mol. The number of nitrogens with zero attached hydrogens (tertiary/aromatic N) is 3. The van der Waals surface area contributed by atoms with E-state index in [1.807, 2.05) is 14.1 Å². The smallest absolute Gasteiger partial charge is 0.416 e. The number of alkyl halides is 3. The zero-order chi connectivity index (χ0) is 21.7. The lowest BCUT2D eigenvalue weighted by atomic mass is 9.97. The summed E-state index contributed by atoms with van der Waals surface area (Å²) in [7, 11) is 3.81. The van der Waals surface area contributed by atoms with Crippen molar-refractivity contribution in [3.63, 3.8) is 0 Å². The maximum absolute atomic E-state index is 13.6. The number of ether oxygens (including phenoxy) is 1. The third kappa shape index (κ3) is 5.17. The summed E-state index contributed by atoms with van der Waals surface area (Å²) in [5.41, 5.74) is 1.59. The van der Waals surface area contributed by atoms with Gasteiger partial charge in [0.15, 0.2) is 0 Å². The van der Waals surface area contributed by atoms with Gasteiger partial charge in [-0.3, -0.25) is 15.0 Å². The van der Waals surface area contributed by atoms with E-state index >= 15 is 0 Å². The molecule has 0 spiro atoms. The quantitative estimate of drug-likeness (QED) is 0.572. The molecule has 3 rings (SSSR count). The standard InChI is InChI=1S/C21H24F3N5O/c1-14-17(18-12-27-28-19(18)13-29(3)8-7-25-2)9-15(21(22,23)24)10-20(14)30-16-5-4-6-26-11-16/h4-6,9-12,25H,7-8,13H2,1-3H3,(H,27,28). The second-order valence-electron chi connectivity index (χ2n) is 7.04. The molecule has 0 aliphatic carbocycles. The van der Waals surface area contributed by atoms with Crippen molar-refractivity contribution in [1.29, 1.82) is 0 Å². The Kier molecular flexibility index (Phi) is 6.73. The molecule has 0 amide bonds. The van der Waals surface area contributed by atoms with E-state index in [-0.39, 0.29) is 5.75 Å². The van der Waals surface area contributed by atoms with Gasteiger partial charge in [0.05, 0.1) is 23.7 Å². The molecule has 2 N–H and O–H groups in total. The summed E-state index contributed by atoms with van der Waals surface area (Å²) < 4.78 is 46.6.